The number of rotatable bonds is 5. The summed E-state index contributed by atoms with van der Waals surface area (Å²) in [6, 6.07) is 6.67. The first-order valence-electron chi connectivity index (χ1n) is 6.38. The molecule has 3 nitrogen and oxygen atoms in total. The fourth-order valence-corrected chi connectivity index (χ4v) is 3.11. The number of thiophene rings is 1. The first-order valence-corrected chi connectivity index (χ1v) is 8.06. The minimum Gasteiger partial charge on any atom is -0.356 e. The van der Waals surface area contributed by atoms with Gasteiger partial charge in [-0.3, -0.25) is 0 Å². The van der Waals surface area contributed by atoms with E-state index in [1.54, 1.807) is 11.3 Å². The number of aromatic nitrogens is 2. The molecule has 5 heteroatoms. The number of nitrogens with zero attached hydrogens (tertiary/aromatic N) is 3. The number of halogens is 1. The van der Waals surface area contributed by atoms with E-state index >= 15 is 0 Å². The van der Waals surface area contributed by atoms with E-state index in [4.69, 9.17) is 0 Å². The van der Waals surface area contributed by atoms with E-state index in [1.165, 1.54) is 4.88 Å². The summed E-state index contributed by atoms with van der Waals surface area (Å²) in [5.74, 6) is 1.85. The summed E-state index contributed by atoms with van der Waals surface area (Å²) < 4.78 is 0.851. The summed E-state index contributed by atoms with van der Waals surface area (Å²) in [6.07, 6.45) is 1.89. The predicted octanol–water partition coefficient (Wildman–Crippen LogP) is 3.93. The molecular weight excluding hydrogens is 322 g/mol. The molecule has 0 aromatic carbocycles. The molecule has 2 aromatic heterocycles. The van der Waals surface area contributed by atoms with Crippen LogP contribution in [0.5, 0.6) is 0 Å². The van der Waals surface area contributed by atoms with Gasteiger partial charge in [-0.25, -0.2) is 9.97 Å². The molecule has 1 atom stereocenters. The maximum Gasteiger partial charge on any atom is 0.133 e. The molecule has 0 aliphatic rings. The highest BCUT2D eigenvalue weighted by molar-refractivity contribution is 9.10. The molecular formula is C14H18BrN3S. The zero-order valence-electron chi connectivity index (χ0n) is 11.4. The van der Waals surface area contributed by atoms with Crippen molar-refractivity contribution < 1.29 is 0 Å². The standard InChI is InChI=1S/C14H18BrN3S/c1-4-13-16-12(15)9-14(17-13)18(3)10(2)8-11-6-5-7-19-11/h5-7,9-10H,4,8H2,1-3H3. The van der Waals surface area contributed by atoms with Crippen LogP contribution in [-0.2, 0) is 12.8 Å². The summed E-state index contributed by atoms with van der Waals surface area (Å²) in [4.78, 5) is 12.6. The average Bonchev–Trinajstić information content (AvgIpc) is 2.89. The summed E-state index contributed by atoms with van der Waals surface area (Å²) in [5, 5.41) is 2.12. The zero-order valence-corrected chi connectivity index (χ0v) is 13.8. The van der Waals surface area contributed by atoms with Crippen LogP contribution in [0.1, 0.15) is 24.5 Å². The normalized spacial score (nSPS) is 12.4. The first kappa shape index (κ1) is 14.5. The minimum absolute atomic E-state index is 0.408. The molecule has 2 rings (SSSR count). The van der Waals surface area contributed by atoms with Crippen LogP contribution >= 0.6 is 27.3 Å². The Labute approximate surface area is 126 Å². The van der Waals surface area contributed by atoms with Crippen molar-refractivity contribution in [2.45, 2.75) is 32.7 Å². The number of hydrogen-bond acceptors (Lipinski definition) is 4. The van der Waals surface area contributed by atoms with Gasteiger partial charge in [-0.1, -0.05) is 13.0 Å². The van der Waals surface area contributed by atoms with Gasteiger partial charge in [-0.15, -0.1) is 11.3 Å². The van der Waals surface area contributed by atoms with Crippen molar-refractivity contribution in [3.05, 3.63) is 38.9 Å². The van der Waals surface area contributed by atoms with E-state index in [1.807, 2.05) is 6.07 Å². The molecule has 102 valence electrons. The molecule has 2 heterocycles. The Balaban J connectivity index is 2.14. The molecule has 0 saturated carbocycles. The topological polar surface area (TPSA) is 29.0 Å². The molecule has 0 aliphatic carbocycles. The molecule has 0 bridgehead atoms. The van der Waals surface area contributed by atoms with Gasteiger partial charge in [0, 0.05) is 36.9 Å². The van der Waals surface area contributed by atoms with Gasteiger partial charge >= 0.3 is 0 Å². The molecule has 0 spiro atoms. The number of aryl methyl sites for hydroxylation is 1. The van der Waals surface area contributed by atoms with Gasteiger partial charge in [0.25, 0.3) is 0 Å². The molecule has 0 amide bonds. The lowest BCUT2D eigenvalue weighted by Gasteiger charge is -2.26. The van der Waals surface area contributed by atoms with Crippen molar-refractivity contribution in [3.8, 4) is 0 Å². The Morgan fingerprint density at radius 1 is 1.42 bits per heavy atom. The summed E-state index contributed by atoms with van der Waals surface area (Å²) in [5.41, 5.74) is 0. The summed E-state index contributed by atoms with van der Waals surface area (Å²) in [7, 11) is 2.09. The van der Waals surface area contributed by atoms with Crippen molar-refractivity contribution in [1.82, 2.24) is 9.97 Å². The highest BCUT2D eigenvalue weighted by Gasteiger charge is 2.14. The molecule has 0 N–H and O–H groups in total. The number of likely N-dealkylation sites (N-methyl/N-ethyl adjacent to an activating group) is 1. The van der Waals surface area contributed by atoms with Crippen LogP contribution in [0.3, 0.4) is 0 Å². The quantitative estimate of drug-likeness (QED) is 0.773. The van der Waals surface area contributed by atoms with Crippen molar-refractivity contribution in [2.75, 3.05) is 11.9 Å². The largest absolute Gasteiger partial charge is 0.356 e. The SMILES string of the molecule is CCc1nc(Br)cc(N(C)C(C)Cc2cccs2)n1. The molecule has 1 unspecified atom stereocenters. The Morgan fingerprint density at radius 3 is 2.84 bits per heavy atom. The lowest BCUT2D eigenvalue weighted by Crippen LogP contribution is -2.31. The first-order chi connectivity index (χ1) is 9.10. The molecule has 2 aromatic rings. The van der Waals surface area contributed by atoms with Crippen LogP contribution in [0.4, 0.5) is 5.82 Å². The minimum atomic E-state index is 0.408. The zero-order chi connectivity index (χ0) is 13.8. The third kappa shape index (κ3) is 3.76. The molecule has 0 aliphatic heterocycles. The second-order valence-corrected chi connectivity index (χ2v) is 6.41. The fraction of sp³-hybridized carbons (Fsp3) is 0.429. The van der Waals surface area contributed by atoms with Gasteiger partial charge in [-0.2, -0.15) is 0 Å². The molecule has 0 saturated heterocycles. The van der Waals surface area contributed by atoms with Crippen LogP contribution in [0.15, 0.2) is 28.2 Å². The molecule has 0 fully saturated rings. The number of anilines is 1. The average molecular weight is 340 g/mol. The van der Waals surface area contributed by atoms with Crippen LogP contribution in [0, 0.1) is 0 Å². The van der Waals surface area contributed by atoms with Crippen LogP contribution in [0.25, 0.3) is 0 Å². The van der Waals surface area contributed by atoms with Crippen LogP contribution < -0.4 is 4.90 Å². The van der Waals surface area contributed by atoms with Crippen molar-refractivity contribution >= 4 is 33.1 Å². The maximum absolute atomic E-state index is 4.59. The van der Waals surface area contributed by atoms with Gasteiger partial charge in [-0.05, 0) is 34.3 Å². The van der Waals surface area contributed by atoms with Gasteiger partial charge in [0.15, 0.2) is 0 Å². The Bertz CT molecular complexity index is 527. The highest BCUT2D eigenvalue weighted by Crippen LogP contribution is 2.20. The van der Waals surface area contributed by atoms with Gasteiger partial charge < -0.3 is 4.90 Å². The van der Waals surface area contributed by atoms with Crippen molar-refractivity contribution in [1.29, 1.82) is 0 Å². The molecule has 19 heavy (non-hydrogen) atoms. The lowest BCUT2D eigenvalue weighted by molar-refractivity contribution is 0.676. The smallest absolute Gasteiger partial charge is 0.133 e. The van der Waals surface area contributed by atoms with Gasteiger partial charge in [0.05, 0.1) is 0 Å². The van der Waals surface area contributed by atoms with Gasteiger partial charge in [0.1, 0.15) is 16.2 Å². The van der Waals surface area contributed by atoms with Crippen LogP contribution in [-0.4, -0.2) is 23.1 Å². The summed E-state index contributed by atoms with van der Waals surface area (Å²) in [6.45, 7) is 4.29. The van der Waals surface area contributed by atoms with E-state index in [-0.39, 0.29) is 0 Å². The van der Waals surface area contributed by atoms with E-state index in [2.05, 4.69) is 69.2 Å². The Hall–Kier alpha value is -0.940. The van der Waals surface area contributed by atoms with E-state index in [9.17, 15) is 0 Å². The second-order valence-electron chi connectivity index (χ2n) is 4.56. The predicted molar refractivity (Wildman–Crippen MR) is 85.0 cm³/mol. The number of hydrogen-bond donors (Lipinski definition) is 0. The summed E-state index contributed by atoms with van der Waals surface area (Å²) >= 11 is 5.26. The third-order valence-electron chi connectivity index (χ3n) is 3.14. The van der Waals surface area contributed by atoms with Gasteiger partial charge in [0.2, 0.25) is 0 Å². The third-order valence-corrected chi connectivity index (χ3v) is 4.45. The Kier molecular flexibility index (Phi) is 4.93. The maximum atomic E-state index is 4.59. The van der Waals surface area contributed by atoms with Crippen molar-refractivity contribution in [2.24, 2.45) is 0 Å². The van der Waals surface area contributed by atoms with E-state index in [0.29, 0.717) is 6.04 Å². The second kappa shape index (κ2) is 6.48. The van der Waals surface area contributed by atoms with E-state index < -0.39 is 0 Å². The van der Waals surface area contributed by atoms with E-state index in [0.717, 1.165) is 29.1 Å². The monoisotopic (exact) mass is 339 g/mol. The van der Waals surface area contributed by atoms with Crippen LogP contribution in [0.2, 0.25) is 0 Å². The Morgan fingerprint density at radius 2 is 2.21 bits per heavy atom. The molecule has 0 radical (unpaired) electrons. The fourth-order valence-electron chi connectivity index (χ4n) is 1.87. The van der Waals surface area contributed by atoms with Crippen molar-refractivity contribution in [3.63, 3.8) is 0 Å². The highest BCUT2D eigenvalue weighted by atomic mass is 79.9. The lowest BCUT2D eigenvalue weighted by atomic mass is 10.2.